The van der Waals surface area contributed by atoms with Crippen LogP contribution in [0, 0.1) is 5.41 Å². The summed E-state index contributed by atoms with van der Waals surface area (Å²) in [7, 11) is 0. The summed E-state index contributed by atoms with van der Waals surface area (Å²) in [6, 6.07) is 10.4. The number of carbonyl (C=O) groups is 1. The Morgan fingerprint density at radius 3 is 2.35 bits per heavy atom. The highest BCUT2D eigenvalue weighted by molar-refractivity contribution is 6.32. The number of carbonyl (C=O) groups excluding carboxylic acids is 1. The van der Waals surface area contributed by atoms with Gasteiger partial charge in [0.2, 0.25) is 5.96 Å². The molecule has 10 nitrogen and oxygen atoms in total. The molecule has 0 spiro atoms. The summed E-state index contributed by atoms with van der Waals surface area (Å²) in [5.41, 5.74) is 0.491. The fraction of sp³-hybridized carbons (Fsp3) is 0.424. The highest BCUT2D eigenvalue weighted by atomic mass is 35.5. The summed E-state index contributed by atoms with van der Waals surface area (Å²) in [4.78, 5) is 24.9. The molecule has 0 saturated carbocycles. The third-order valence-corrected chi connectivity index (χ3v) is 8.54. The minimum absolute atomic E-state index is 0.104. The quantitative estimate of drug-likeness (QED) is 0.163. The van der Waals surface area contributed by atoms with Crippen molar-refractivity contribution in [3.8, 4) is 16.8 Å². The Hall–Kier alpha value is -4.30. The van der Waals surface area contributed by atoms with Crippen LogP contribution in [0.25, 0.3) is 16.8 Å². The molecule has 3 atom stereocenters. The van der Waals surface area contributed by atoms with E-state index in [0.717, 1.165) is 11.0 Å². The number of aromatic nitrogens is 5. The van der Waals surface area contributed by atoms with Gasteiger partial charge in [-0.2, -0.15) is 19.0 Å². The molecular formula is C33H37ClF4N8O2. The molecule has 48 heavy (non-hydrogen) atoms. The predicted molar refractivity (Wildman–Crippen MR) is 173 cm³/mol. The summed E-state index contributed by atoms with van der Waals surface area (Å²) >= 11 is 6.43. The number of amides is 1. The number of alkyl halides is 4. The number of aliphatic imine (C=N–C) groups is 1. The molecule has 1 aliphatic heterocycles. The van der Waals surface area contributed by atoms with E-state index < -0.39 is 42.4 Å². The molecule has 2 N–H and O–H groups in total. The van der Waals surface area contributed by atoms with Gasteiger partial charge >= 0.3 is 6.55 Å². The zero-order valence-corrected chi connectivity index (χ0v) is 27.8. The molecule has 1 aliphatic rings. The number of nitrogens with zero attached hydrogens (tertiary/aromatic N) is 7. The Kier molecular flexibility index (Phi) is 9.97. The minimum atomic E-state index is -2.93. The maximum absolute atomic E-state index is 14.9. The van der Waals surface area contributed by atoms with Crippen LogP contribution in [0.2, 0.25) is 5.02 Å². The van der Waals surface area contributed by atoms with E-state index >= 15 is 0 Å². The van der Waals surface area contributed by atoms with Crippen LogP contribution in [0.1, 0.15) is 83.4 Å². The van der Waals surface area contributed by atoms with Gasteiger partial charge in [0.1, 0.15) is 11.9 Å². The molecule has 256 valence electrons. The van der Waals surface area contributed by atoms with Crippen LogP contribution >= 0.6 is 11.6 Å². The van der Waals surface area contributed by atoms with Crippen molar-refractivity contribution in [2.45, 2.75) is 78.1 Å². The van der Waals surface area contributed by atoms with E-state index in [-0.39, 0.29) is 28.6 Å². The standard InChI is InChI=1S/C33H37ClF4N8O2/c1-6-19(2)42-31-43-33(17-32(3,4)5,23-10-7-20(8-11-23)22-14-40-44(15-22)30(37)38)29(48)45(31)26(16-47)21-9-12-24(34)25(13-21)46-28(27(35)36)39-18-41-46/h7-15,18-19,26-27,30,47H,6,16-17H2,1-5H3,(H,42,43)/t19?,26-,33-/m1/s1. The number of rotatable bonds is 11. The second-order valence-electron chi connectivity index (χ2n) is 13.0. The lowest BCUT2D eigenvalue weighted by Gasteiger charge is -2.35. The maximum atomic E-state index is 14.9. The van der Waals surface area contributed by atoms with Crippen molar-refractivity contribution >= 4 is 23.5 Å². The number of guanidine groups is 1. The molecule has 1 saturated heterocycles. The summed E-state index contributed by atoms with van der Waals surface area (Å²) in [6.45, 7) is 6.55. The Morgan fingerprint density at radius 1 is 1.06 bits per heavy atom. The Labute approximate surface area is 280 Å². The number of nitrogens with one attached hydrogen (secondary N) is 1. The third kappa shape index (κ3) is 6.81. The zero-order valence-electron chi connectivity index (χ0n) is 27.1. The second-order valence-corrected chi connectivity index (χ2v) is 13.4. The molecule has 1 fully saturated rings. The lowest BCUT2D eigenvalue weighted by Crippen LogP contribution is -2.47. The highest BCUT2D eigenvalue weighted by Crippen LogP contribution is 2.43. The maximum Gasteiger partial charge on any atom is 0.333 e. The Balaban J connectivity index is 1.62. The minimum Gasteiger partial charge on any atom is -0.394 e. The summed E-state index contributed by atoms with van der Waals surface area (Å²) in [5.74, 6) is -0.755. The molecule has 15 heteroatoms. The lowest BCUT2D eigenvalue weighted by molar-refractivity contribution is -0.134. The van der Waals surface area contributed by atoms with Crippen molar-refractivity contribution in [2.75, 3.05) is 6.61 Å². The molecule has 1 amide bonds. The lowest BCUT2D eigenvalue weighted by atomic mass is 9.75. The second kappa shape index (κ2) is 13.7. The molecule has 5 rings (SSSR count). The van der Waals surface area contributed by atoms with Crippen molar-refractivity contribution in [1.29, 1.82) is 0 Å². The normalized spacial score (nSPS) is 19.1. The van der Waals surface area contributed by atoms with Crippen LogP contribution in [0.15, 0.2) is 66.2 Å². The highest BCUT2D eigenvalue weighted by Gasteiger charge is 2.55. The first-order chi connectivity index (χ1) is 22.7. The van der Waals surface area contributed by atoms with E-state index in [4.69, 9.17) is 16.6 Å². The van der Waals surface area contributed by atoms with Crippen LogP contribution in [-0.2, 0) is 10.3 Å². The van der Waals surface area contributed by atoms with E-state index in [2.05, 4.69) is 20.5 Å². The molecule has 2 aromatic heterocycles. The largest absolute Gasteiger partial charge is 0.394 e. The van der Waals surface area contributed by atoms with Gasteiger partial charge in [-0.25, -0.2) is 28.1 Å². The summed E-state index contributed by atoms with van der Waals surface area (Å²) in [6.07, 6.45) is 1.65. The smallest absolute Gasteiger partial charge is 0.333 e. The van der Waals surface area contributed by atoms with E-state index in [1.165, 1.54) is 29.4 Å². The fourth-order valence-corrected chi connectivity index (χ4v) is 6.06. The third-order valence-electron chi connectivity index (χ3n) is 8.22. The average molecular weight is 689 g/mol. The van der Waals surface area contributed by atoms with Crippen LogP contribution in [0.3, 0.4) is 0 Å². The first kappa shape index (κ1) is 35.0. The molecule has 0 aliphatic carbocycles. The van der Waals surface area contributed by atoms with Gasteiger partial charge in [-0.3, -0.25) is 9.69 Å². The van der Waals surface area contributed by atoms with Crippen molar-refractivity contribution in [3.05, 3.63) is 83.2 Å². The first-order valence-corrected chi connectivity index (χ1v) is 15.8. The Bertz CT molecular complexity index is 1790. The van der Waals surface area contributed by atoms with Gasteiger partial charge in [0, 0.05) is 11.8 Å². The van der Waals surface area contributed by atoms with Gasteiger partial charge < -0.3 is 10.4 Å². The summed E-state index contributed by atoms with van der Waals surface area (Å²) < 4.78 is 55.3. The van der Waals surface area contributed by atoms with Gasteiger partial charge in [-0.1, -0.05) is 69.6 Å². The van der Waals surface area contributed by atoms with Crippen molar-refractivity contribution in [2.24, 2.45) is 10.4 Å². The number of hydrogen-bond donors (Lipinski definition) is 2. The van der Waals surface area contributed by atoms with E-state index in [1.54, 1.807) is 30.3 Å². The molecule has 3 heterocycles. The SMILES string of the molecule is CCC(C)N=C1N[C@](CC(C)(C)C)(c2ccc(-c3cnn(C(F)F)c3)cc2)C(=O)N1[C@H](CO)c1ccc(Cl)c(-n2ncnc2C(F)F)c1. The van der Waals surface area contributed by atoms with E-state index in [1.807, 2.05) is 34.6 Å². The number of benzene rings is 2. The van der Waals surface area contributed by atoms with Crippen LogP contribution in [0.4, 0.5) is 17.6 Å². The number of aliphatic hydroxyl groups excluding tert-OH is 1. The predicted octanol–water partition coefficient (Wildman–Crippen LogP) is 7.07. The van der Waals surface area contributed by atoms with Crippen LogP contribution in [0.5, 0.6) is 0 Å². The van der Waals surface area contributed by atoms with Crippen molar-refractivity contribution < 1.29 is 27.5 Å². The van der Waals surface area contributed by atoms with Gasteiger partial charge in [0.15, 0.2) is 5.82 Å². The van der Waals surface area contributed by atoms with E-state index in [0.29, 0.717) is 39.8 Å². The van der Waals surface area contributed by atoms with Gasteiger partial charge in [0.25, 0.3) is 12.3 Å². The Morgan fingerprint density at radius 2 is 1.77 bits per heavy atom. The number of halogens is 5. The number of hydrogen-bond acceptors (Lipinski definition) is 6. The van der Waals surface area contributed by atoms with Crippen LogP contribution in [-0.4, -0.2) is 59.1 Å². The zero-order chi connectivity index (χ0) is 35.0. The summed E-state index contributed by atoms with van der Waals surface area (Å²) in [5, 5.41) is 22.0. The van der Waals surface area contributed by atoms with E-state index in [9.17, 15) is 27.5 Å². The number of aliphatic hydroxyl groups is 1. The molecular weight excluding hydrogens is 652 g/mol. The topological polar surface area (TPSA) is 113 Å². The fourth-order valence-electron chi connectivity index (χ4n) is 5.86. The van der Waals surface area contributed by atoms with Gasteiger partial charge in [0.05, 0.1) is 35.6 Å². The van der Waals surface area contributed by atoms with Crippen molar-refractivity contribution in [1.82, 2.24) is 34.8 Å². The van der Waals surface area contributed by atoms with Crippen LogP contribution < -0.4 is 5.32 Å². The van der Waals surface area contributed by atoms with Gasteiger partial charge in [-0.15, -0.1) is 0 Å². The van der Waals surface area contributed by atoms with Gasteiger partial charge in [-0.05, 0) is 54.0 Å². The van der Waals surface area contributed by atoms with Crippen molar-refractivity contribution in [3.63, 3.8) is 0 Å². The first-order valence-electron chi connectivity index (χ1n) is 15.4. The molecule has 4 aromatic rings. The molecule has 1 unspecified atom stereocenters. The molecule has 0 bridgehead atoms. The monoisotopic (exact) mass is 688 g/mol. The molecule has 2 aromatic carbocycles. The molecule has 0 radical (unpaired) electrons. The average Bonchev–Trinajstić information content (AvgIpc) is 3.78.